The molecule has 33 heavy (non-hydrogen) atoms. The molecule has 6 heteroatoms. The van der Waals surface area contributed by atoms with Gasteiger partial charge in [-0.05, 0) is 98.3 Å². The Labute approximate surface area is 199 Å². The monoisotopic (exact) mass is 459 g/mol. The van der Waals surface area contributed by atoms with Crippen LogP contribution >= 0.6 is 11.8 Å². The van der Waals surface area contributed by atoms with Crippen LogP contribution in [0.1, 0.15) is 49.8 Å². The molecule has 3 aromatic carbocycles. The van der Waals surface area contributed by atoms with Crippen LogP contribution in [0.4, 0.5) is 17.1 Å². The van der Waals surface area contributed by atoms with Gasteiger partial charge in [0.25, 0.3) is 5.69 Å². The lowest BCUT2D eigenvalue weighted by Gasteiger charge is -2.45. The molecule has 1 heterocycles. The molecule has 1 atom stereocenters. The van der Waals surface area contributed by atoms with Crippen LogP contribution in [0.25, 0.3) is 0 Å². The molecule has 0 radical (unpaired) electrons. The highest BCUT2D eigenvalue weighted by Gasteiger charge is 2.34. The maximum absolute atomic E-state index is 10.8. The molecule has 5 nitrogen and oxygen atoms in total. The molecule has 0 aliphatic carbocycles. The average molecular weight is 460 g/mol. The standard InChI is InChI=1S/C27H29N3O2S/c1-18-14-26-25(19(2)16-27(3,4)29(26)5)15-20(18)17-28-21-6-10-23(11-7-21)33-24-12-8-22(9-13-24)30(31)32/h6-15,17,19H,16H2,1-5H3. The third-order valence-corrected chi connectivity index (χ3v) is 7.51. The Kier molecular flexibility index (Phi) is 6.30. The summed E-state index contributed by atoms with van der Waals surface area (Å²) in [7, 11) is 2.19. The number of fused-ring (bicyclic) bond motifs is 1. The number of nitrogens with zero attached hydrogens (tertiary/aromatic N) is 3. The zero-order valence-corrected chi connectivity index (χ0v) is 20.5. The molecule has 170 valence electrons. The first-order chi connectivity index (χ1) is 15.6. The second kappa shape index (κ2) is 9.02. The second-order valence-electron chi connectivity index (χ2n) is 9.35. The predicted molar refractivity (Wildman–Crippen MR) is 138 cm³/mol. The molecule has 0 aromatic heterocycles. The number of nitro groups is 1. The first-order valence-electron chi connectivity index (χ1n) is 11.1. The number of anilines is 1. The Morgan fingerprint density at radius 3 is 2.30 bits per heavy atom. The molecule has 0 amide bonds. The number of aryl methyl sites for hydroxylation is 1. The SMILES string of the molecule is Cc1cc2c(cc1C=Nc1ccc(Sc3ccc([N+](=O)[O-])cc3)cc1)C(C)CC(C)(C)N2C. The van der Waals surface area contributed by atoms with Crippen LogP contribution < -0.4 is 4.90 Å². The van der Waals surface area contributed by atoms with Gasteiger partial charge in [0.2, 0.25) is 0 Å². The van der Waals surface area contributed by atoms with Crippen molar-refractivity contribution in [2.75, 3.05) is 11.9 Å². The summed E-state index contributed by atoms with van der Waals surface area (Å²) in [4.78, 5) is 19.6. The van der Waals surface area contributed by atoms with Crippen molar-refractivity contribution in [3.63, 3.8) is 0 Å². The topological polar surface area (TPSA) is 58.7 Å². The van der Waals surface area contributed by atoms with Crippen LogP contribution in [0.2, 0.25) is 0 Å². The Morgan fingerprint density at radius 1 is 1.09 bits per heavy atom. The van der Waals surface area contributed by atoms with E-state index in [9.17, 15) is 10.1 Å². The number of nitro benzene ring substituents is 1. The van der Waals surface area contributed by atoms with Crippen molar-refractivity contribution < 1.29 is 4.92 Å². The molecule has 3 aromatic rings. The molecular formula is C27H29N3O2S. The fraction of sp³-hybridized carbons (Fsp3) is 0.296. The van der Waals surface area contributed by atoms with Gasteiger partial charge in [-0.2, -0.15) is 0 Å². The molecule has 0 N–H and O–H groups in total. The maximum Gasteiger partial charge on any atom is 0.269 e. The van der Waals surface area contributed by atoms with Crippen LogP contribution in [-0.2, 0) is 0 Å². The van der Waals surface area contributed by atoms with Crippen LogP contribution in [0.5, 0.6) is 0 Å². The van der Waals surface area contributed by atoms with Crippen molar-refractivity contribution in [1.82, 2.24) is 0 Å². The van der Waals surface area contributed by atoms with Crippen LogP contribution in [0.3, 0.4) is 0 Å². The Bertz CT molecular complexity index is 1200. The molecule has 1 aliphatic rings. The number of rotatable bonds is 5. The summed E-state index contributed by atoms with van der Waals surface area (Å²) < 4.78 is 0. The van der Waals surface area contributed by atoms with E-state index < -0.39 is 0 Å². The minimum absolute atomic E-state index is 0.103. The molecule has 0 saturated carbocycles. The van der Waals surface area contributed by atoms with Gasteiger partial charge in [-0.1, -0.05) is 18.7 Å². The van der Waals surface area contributed by atoms with E-state index in [1.165, 1.54) is 28.9 Å². The van der Waals surface area contributed by atoms with E-state index in [1.807, 2.05) is 30.5 Å². The molecule has 1 unspecified atom stereocenters. The van der Waals surface area contributed by atoms with E-state index in [0.717, 1.165) is 27.5 Å². The van der Waals surface area contributed by atoms with E-state index in [-0.39, 0.29) is 16.1 Å². The van der Waals surface area contributed by atoms with Crippen molar-refractivity contribution in [2.45, 2.75) is 55.4 Å². The largest absolute Gasteiger partial charge is 0.369 e. The first kappa shape index (κ1) is 23.1. The summed E-state index contributed by atoms with van der Waals surface area (Å²) in [5.74, 6) is 0.509. The zero-order valence-electron chi connectivity index (χ0n) is 19.7. The molecule has 0 spiro atoms. The van der Waals surface area contributed by atoms with Crippen molar-refractivity contribution >= 4 is 35.0 Å². The van der Waals surface area contributed by atoms with Gasteiger partial charge in [0, 0.05) is 46.4 Å². The van der Waals surface area contributed by atoms with Crippen molar-refractivity contribution in [3.05, 3.63) is 87.5 Å². The van der Waals surface area contributed by atoms with E-state index in [2.05, 4.69) is 51.8 Å². The Morgan fingerprint density at radius 2 is 1.70 bits per heavy atom. The summed E-state index contributed by atoms with van der Waals surface area (Å²) in [6.07, 6.45) is 3.09. The highest BCUT2D eigenvalue weighted by molar-refractivity contribution is 7.99. The van der Waals surface area contributed by atoms with Gasteiger partial charge in [-0.15, -0.1) is 0 Å². The third kappa shape index (κ3) is 4.96. The first-order valence-corrected chi connectivity index (χ1v) is 11.9. The smallest absolute Gasteiger partial charge is 0.269 e. The van der Waals surface area contributed by atoms with Crippen LogP contribution in [0, 0.1) is 17.0 Å². The van der Waals surface area contributed by atoms with E-state index in [1.54, 1.807) is 23.9 Å². The molecule has 0 saturated heterocycles. The molecule has 1 aliphatic heterocycles. The summed E-state index contributed by atoms with van der Waals surface area (Å²) >= 11 is 1.57. The van der Waals surface area contributed by atoms with Gasteiger partial charge in [0.05, 0.1) is 10.6 Å². The van der Waals surface area contributed by atoms with Crippen LogP contribution in [-0.4, -0.2) is 23.7 Å². The third-order valence-electron chi connectivity index (χ3n) is 6.49. The quantitative estimate of drug-likeness (QED) is 0.225. The highest BCUT2D eigenvalue weighted by atomic mass is 32.2. The van der Waals surface area contributed by atoms with Gasteiger partial charge in [0.1, 0.15) is 0 Å². The second-order valence-corrected chi connectivity index (χ2v) is 10.5. The van der Waals surface area contributed by atoms with Crippen LogP contribution in [0.15, 0.2) is 75.4 Å². The van der Waals surface area contributed by atoms with Gasteiger partial charge in [-0.3, -0.25) is 15.1 Å². The zero-order chi connectivity index (χ0) is 23.8. The van der Waals surface area contributed by atoms with E-state index in [4.69, 9.17) is 4.99 Å². The fourth-order valence-electron chi connectivity index (χ4n) is 4.39. The number of hydrogen-bond acceptors (Lipinski definition) is 5. The normalized spacial score (nSPS) is 17.2. The summed E-state index contributed by atoms with van der Waals surface area (Å²) in [5.41, 5.74) is 6.23. The van der Waals surface area contributed by atoms with Crippen molar-refractivity contribution in [3.8, 4) is 0 Å². The highest BCUT2D eigenvalue weighted by Crippen LogP contribution is 2.43. The van der Waals surface area contributed by atoms with Crippen molar-refractivity contribution in [2.24, 2.45) is 4.99 Å². The number of benzene rings is 3. The van der Waals surface area contributed by atoms with Crippen molar-refractivity contribution in [1.29, 1.82) is 0 Å². The van der Waals surface area contributed by atoms with Gasteiger partial charge in [-0.25, -0.2) is 0 Å². The molecular weight excluding hydrogens is 430 g/mol. The lowest BCUT2D eigenvalue weighted by Crippen LogP contribution is -2.45. The number of hydrogen-bond donors (Lipinski definition) is 0. The molecule has 0 bridgehead atoms. The predicted octanol–water partition coefficient (Wildman–Crippen LogP) is 7.53. The lowest BCUT2D eigenvalue weighted by molar-refractivity contribution is -0.384. The minimum Gasteiger partial charge on any atom is -0.369 e. The van der Waals surface area contributed by atoms with E-state index in [0.29, 0.717) is 5.92 Å². The number of non-ortho nitro benzene ring substituents is 1. The molecule has 4 rings (SSSR count). The maximum atomic E-state index is 10.8. The Balaban J connectivity index is 1.49. The number of aliphatic imine (C=N–C) groups is 1. The lowest BCUT2D eigenvalue weighted by atomic mass is 9.79. The van der Waals surface area contributed by atoms with E-state index >= 15 is 0 Å². The van der Waals surface area contributed by atoms with Gasteiger partial charge >= 0.3 is 0 Å². The minimum atomic E-state index is -0.384. The molecule has 0 fully saturated rings. The fourth-order valence-corrected chi connectivity index (χ4v) is 5.21. The average Bonchev–Trinajstić information content (AvgIpc) is 2.77. The summed E-state index contributed by atoms with van der Waals surface area (Å²) in [5, 5.41) is 10.8. The van der Waals surface area contributed by atoms with Gasteiger partial charge < -0.3 is 4.90 Å². The summed E-state index contributed by atoms with van der Waals surface area (Å²) in [6, 6.07) is 19.2. The summed E-state index contributed by atoms with van der Waals surface area (Å²) in [6.45, 7) is 9.07. The Hall–Kier alpha value is -3.12. The van der Waals surface area contributed by atoms with Gasteiger partial charge in [0.15, 0.2) is 0 Å².